The molecule has 1 atom stereocenters. The molecule has 122 valence electrons. The Morgan fingerprint density at radius 2 is 1.95 bits per heavy atom. The number of aryl methyl sites for hydroxylation is 1. The van der Waals surface area contributed by atoms with Crippen molar-refractivity contribution >= 4 is 5.96 Å². The average Bonchev–Trinajstić information content (AvgIpc) is 3.39. The topological polar surface area (TPSA) is 39.7 Å². The lowest BCUT2D eigenvalue weighted by Gasteiger charge is -2.25. The van der Waals surface area contributed by atoms with Crippen LogP contribution in [0.4, 0.5) is 0 Å². The number of nitrogens with zero attached hydrogens (tertiary/aromatic N) is 2. The second-order valence-electron chi connectivity index (χ2n) is 6.17. The number of rotatable bonds is 7. The molecule has 1 aliphatic carbocycles. The highest BCUT2D eigenvalue weighted by molar-refractivity contribution is 5.79. The lowest BCUT2D eigenvalue weighted by molar-refractivity contribution is 0.247. The largest absolute Gasteiger partial charge is 0.355 e. The summed E-state index contributed by atoms with van der Waals surface area (Å²) in [4.78, 5) is 6.79. The summed E-state index contributed by atoms with van der Waals surface area (Å²) in [6.07, 6.45) is 3.76. The van der Waals surface area contributed by atoms with Crippen LogP contribution in [0.5, 0.6) is 0 Å². The summed E-state index contributed by atoms with van der Waals surface area (Å²) in [6, 6.07) is 9.89. The monoisotopic (exact) mass is 302 g/mol. The Balaban J connectivity index is 1.79. The smallest absolute Gasteiger partial charge is 0.191 e. The number of hydrogen-bond acceptors (Lipinski definition) is 2. The first kappa shape index (κ1) is 16.8. The maximum Gasteiger partial charge on any atom is 0.191 e. The molecule has 4 heteroatoms. The standard InChI is InChI=1S/C18H30N4/c1-5-15-8-6-7-9-16(15)13-21-18(19-3)20-12-14(2)22(4)17-10-11-17/h6-9,14,17H,5,10-13H2,1-4H3,(H2,19,20,21). The molecular formula is C18H30N4. The Morgan fingerprint density at radius 1 is 1.27 bits per heavy atom. The van der Waals surface area contributed by atoms with Gasteiger partial charge in [0, 0.05) is 32.2 Å². The van der Waals surface area contributed by atoms with Crippen LogP contribution < -0.4 is 10.6 Å². The molecule has 1 fully saturated rings. The summed E-state index contributed by atoms with van der Waals surface area (Å²) < 4.78 is 0. The van der Waals surface area contributed by atoms with Crippen molar-refractivity contribution in [3.8, 4) is 0 Å². The van der Waals surface area contributed by atoms with Gasteiger partial charge in [-0.1, -0.05) is 31.2 Å². The van der Waals surface area contributed by atoms with E-state index in [0.717, 1.165) is 31.5 Å². The number of hydrogen-bond donors (Lipinski definition) is 2. The molecule has 2 N–H and O–H groups in total. The van der Waals surface area contributed by atoms with Gasteiger partial charge in [-0.15, -0.1) is 0 Å². The number of aliphatic imine (C=N–C) groups is 1. The minimum Gasteiger partial charge on any atom is -0.355 e. The van der Waals surface area contributed by atoms with E-state index in [4.69, 9.17) is 0 Å². The summed E-state index contributed by atoms with van der Waals surface area (Å²) in [5, 5.41) is 6.86. The van der Waals surface area contributed by atoms with Gasteiger partial charge in [-0.05, 0) is 44.4 Å². The van der Waals surface area contributed by atoms with E-state index >= 15 is 0 Å². The molecule has 0 radical (unpaired) electrons. The van der Waals surface area contributed by atoms with Crippen LogP contribution in [-0.2, 0) is 13.0 Å². The number of guanidine groups is 1. The van der Waals surface area contributed by atoms with E-state index in [0.29, 0.717) is 6.04 Å². The van der Waals surface area contributed by atoms with E-state index in [9.17, 15) is 0 Å². The first-order chi connectivity index (χ1) is 10.7. The zero-order valence-corrected chi connectivity index (χ0v) is 14.4. The molecule has 0 saturated heterocycles. The van der Waals surface area contributed by atoms with Crippen LogP contribution >= 0.6 is 0 Å². The molecule has 0 heterocycles. The molecule has 2 rings (SSSR count). The summed E-state index contributed by atoms with van der Waals surface area (Å²) >= 11 is 0. The predicted octanol–water partition coefficient (Wildman–Crippen LogP) is 2.40. The second-order valence-corrected chi connectivity index (χ2v) is 6.17. The highest BCUT2D eigenvalue weighted by Crippen LogP contribution is 2.26. The Labute approximate surface area is 135 Å². The highest BCUT2D eigenvalue weighted by Gasteiger charge is 2.28. The van der Waals surface area contributed by atoms with Crippen LogP contribution in [0.25, 0.3) is 0 Å². The molecule has 4 nitrogen and oxygen atoms in total. The predicted molar refractivity (Wildman–Crippen MR) is 94.3 cm³/mol. The van der Waals surface area contributed by atoms with E-state index in [1.54, 1.807) is 0 Å². The molecule has 1 aromatic carbocycles. The summed E-state index contributed by atoms with van der Waals surface area (Å²) in [6.45, 7) is 6.20. The third kappa shape index (κ3) is 4.73. The fourth-order valence-electron chi connectivity index (χ4n) is 2.70. The van der Waals surface area contributed by atoms with Crippen molar-refractivity contribution in [3.63, 3.8) is 0 Å². The molecule has 0 spiro atoms. The van der Waals surface area contributed by atoms with Crippen LogP contribution in [0.1, 0.15) is 37.8 Å². The summed E-state index contributed by atoms with van der Waals surface area (Å²) in [7, 11) is 4.05. The molecule has 1 saturated carbocycles. The van der Waals surface area contributed by atoms with E-state index < -0.39 is 0 Å². The Morgan fingerprint density at radius 3 is 2.55 bits per heavy atom. The van der Waals surface area contributed by atoms with Crippen LogP contribution in [0.15, 0.2) is 29.3 Å². The van der Waals surface area contributed by atoms with Gasteiger partial charge < -0.3 is 10.6 Å². The fraction of sp³-hybridized carbons (Fsp3) is 0.611. The molecular weight excluding hydrogens is 272 g/mol. The first-order valence-electron chi connectivity index (χ1n) is 8.39. The van der Waals surface area contributed by atoms with Crippen molar-refractivity contribution in [2.24, 2.45) is 4.99 Å². The summed E-state index contributed by atoms with van der Waals surface area (Å²) in [5.41, 5.74) is 2.74. The van der Waals surface area contributed by atoms with Crippen LogP contribution in [0.3, 0.4) is 0 Å². The molecule has 0 bridgehead atoms. The molecule has 1 aliphatic rings. The van der Waals surface area contributed by atoms with Crippen molar-refractivity contribution in [1.29, 1.82) is 0 Å². The van der Waals surface area contributed by atoms with Crippen molar-refractivity contribution in [1.82, 2.24) is 15.5 Å². The van der Waals surface area contributed by atoms with Gasteiger partial charge in [0.1, 0.15) is 0 Å². The van der Waals surface area contributed by atoms with Crippen LogP contribution in [-0.4, -0.2) is 43.6 Å². The van der Waals surface area contributed by atoms with Crippen molar-refractivity contribution in [3.05, 3.63) is 35.4 Å². The third-order valence-corrected chi connectivity index (χ3v) is 4.55. The normalized spacial score (nSPS) is 16.7. The quantitative estimate of drug-likeness (QED) is 0.600. The zero-order valence-electron chi connectivity index (χ0n) is 14.4. The number of benzene rings is 1. The molecule has 1 aromatic rings. The minimum atomic E-state index is 0.522. The van der Waals surface area contributed by atoms with E-state index in [2.05, 4.69) is 65.7 Å². The van der Waals surface area contributed by atoms with Crippen molar-refractivity contribution in [2.75, 3.05) is 20.6 Å². The van der Waals surface area contributed by atoms with Gasteiger partial charge in [0.05, 0.1) is 0 Å². The van der Waals surface area contributed by atoms with E-state index in [-0.39, 0.29) is 0 Å². The molecule has 22 heavy (non-hydrogen) atoms. The minimum absolute atomic E-state index is 0.522. The van der Waals surface area contributed by atoms with Crippen LogP contribution in [0, 0.1) is 0 Å². The first-order valence-corrected chi connectivity index (χ1v) is 8.39. The Hall–Kier alpha value is -1.55. The van der Waals surface area contributed by atoms with E-state index in [1.165, 1.54) is 24.0 Å². The van der Waals surface area contributed by atoms with Crippen molar-refractivity contribution < 1.29 is 0 Å². The molecule has 0 aliphatic heterocycles. The molecule has 1 unspecified atom stereocenters. The number of likely N-dealkylation sites (N-methyl/N-ethyl adjacent to an activating group) is 1. The maximum atomic E-state index is 4.33. The Kier molecular flexibility index (Phi) is 6.25. The van der Waals surface area contributed by atoms with E-state index in [1.807, 2.05) is 7.05 Å². The third-order valence-electron chi connectivity index (χ3n) is 4.55. The average molecular weight is 302 g/mol. The van der Waals surface area contributed by atoms with Crippen LogP contribution in [0.2, 0.25) is 0 Å². The van der Waals surface area contributed by atoms with Gasteiger partial charge >= 0.3 is 0 Å². The van der Waals surface area contributed by atoms with Gasteiger partial charge in [-0.25, -0.2) is 0 Å². The zero-order chi connectivity index (χ0) is 15.9. The lowest BCUT2D eigenvalue weighted by atomic mass is 10.1. The molecule has 0 aromatic heterocycles. The highest BCUT2D eigenvalue weighted by atomic mass is 15.2. The Bertz CT molecular complexity index is 494. The van der Waals surface area contributed by atoms with Gasteiger partial charge in [0.15, 0.2) is 5.96 Å². The van der Waals surface area contributed by atoms with Gasteiger partial charge in [0.25, 0.3) is 0 Å². The van der Waals surface area contributed by atoms with Gasteiger partial charge in [-0.3, -0.25) is 9.89 Å². The molecule has 0 amide bonds. The fourth-order valence-corrected chi connectivity index (χ4v) is 2.70. The maximum absolute atomic E-state index is 4.33. The number of nitrogens with one attached hydrogen (secondary N) is 2. The van der Waals surface area contributed by atoms with Gasteiger partial charge in [0.2, 0.25) is 0 Å². The summed E-state index contributed by atoms with van der Waals surface area (Å²) in [5.74, 6) is 0.877. The van der Waals surface area contributed by atoms with Gasteiger partial charge in [-0.2, -0.15) is 0 Å². The second kappa shape index (κ2) is 8.18. The SMILES string of the molecule is CCc1ccccc1CNC(=NC)NCC(C)N(C)C1CC1. The van der Waals surface area contributed by atoms with Crippen molar-refractivity contribution in [2.45, 2.75) is 51.7 Å². The lowest BCUT2D eigenvalue weighted by Crippen LogP contribution is -2.45.